The van der Waals surface area contributed by atoms with E-state index in [1.54, 1.807) is 6.26 Å². The molecule has 166 valence electrons. The quantitative estimate of drug-likeness (QED) is 0.557. The number of rotatable bonds is 1. The number of fused-ring (bicyclic) bond motifs is 5. The first kappa shape index (κ1) is 20.7. The van der Waals surface area contributed by atoms with Gasteiger partial charge in [-0.05, 0) is 74.3 Å². The third-order valence-corrected chi connectivity index (χ3v) is 10.2. The van der Waals surface area contributed by atoms with Gasteiger partial charge in [0.25, 0.3) is 0 Å². The average molecular weight is 419 g/mol. The number of hydrogen-bond acceptors (Lipinski definition) is 6. The highest BCUT2D eigenvalue weighted by atomic mass is 16.4. The van der Waals surface area contributed by atoms with Crippen LogP contribution < -0.4 is 5.63 Å². The van der Waals surface area contributed by atoms with E-state index >= 15 is 0 Å². The van der Waals surface area contributed by atoms with E-state index in [1.807, 2.05) is 13.0 Å². The molecule has 5 rings (SSSR count). The summed E-state index contributed by atoms with van der Waals surface area (Å²) >= 11 is 0. The summed E-state index contributed by atoms with van der Waals surface area (Å²) in [6.07, 6.45) is 4.94. The molecule has 0 aromatic carbocycles. The molecule has 1 aromatic heterocycles. The summed E-state index contributed by atoms with van der Waals surface area (Å²) in [7, 11) is 0. The zero-order valence-electron chi connectivity index (χ0n) is 17.9. The summed E-state index contributed by atoms with van der Waals surface area (Å²) < 4.78 is 5.13. The fraction of sp³-hybridized carbons (Fsp3) is 0.792. The van der Waals surface area contributed by atoms with Crippen LogP contribution in [0.2, 0.25) is 0 Å². The molecule has 6 heteroatoms. The maximum Gasteiger partial charge on any atom is 0.335 e. The van der Waals surface area contributed by atoms with Crippen LogP contribution in [0.15, 0.2) is 27.6 Å². The highest BCUT2D eigenvalue weighted by molar-refractivity contribution is 5.28. The summed E-state index contributed by atoms with van der Waals surface area (Å²) in [5, 5.41) is 45.0. The molecule has 4 aliphatic rings. The second kappa shape index (κ2) is 6.41. The highest BCUT2D eigenvalue weighted by Crippen LogP contribution is 2.71. The van der Waals surface area contributed by atoms with Crippen molar-refractivity contribution in [3.63, 3.8) is 0 Å². The monoisotopic (exact) mass is 418 g/mol. The van der Waals surface area contributed by atoms with Crippen molar-refractivity contribution < 1.29 is 24.8 Å². The van der Waals surface area contributed by atoms with Gasteiger partial charge in [-0.3, -0.25) is 0 Å². The van der Waals surface area contributed by atoms with E-state index in [0.717, 1.165) is 24.8 Å². The molecule has 0 aliphatic heterocycles. The van der Waals surface area contributed by atoms with E-state index in [9.17, 15) is 25.2 Å². The van der Waals surface area contributed by atoms with Gasteiger partial charge in [0, 0.05) is 23.3 Å². The Morgan fingerprint density at radius 1 is 1.00 bits per heavy atom. The van der Waals surface area contributed by atoms with E-state index < -0.39 is 28.8 Å². The minimum atomic E-state index is -1.10. The van der Waals surface area contributed by atoms with E-state index in [4.69, 9.17) is 4.42 Å². The van der Waals surface area contributed by atoms with Crippen molar-refractivity contribution in [3.05, 3.63) is 34.4 Å². The van der Waals surface area contributed by atoms with E-state index in [0.29, 0.717) is 25.7 Å². The van der Waals surface area contributed by atoms with Crippen molar-refractivity contribution in [2.24, 2.45) is 22.7 Å². The molecule has 9 atom stereocenters. The van der Waals surface area contributed by atoms with Gasteiger partial charge in [-0.25, -0.2) is 4.79 Å². The molecule has 0 amide bonds. The van der Waals surface area contributed by atoms with Gasteiger partial charge in [-0.2, -0.15) is 0 Å². The minimum Gasteiger partial charge on any atom is -0.431 e. The normalized spacial score (nSPS) is 52.9. The number of hydrogen-bond donors (Lipinski definition) is 4. The zero-order chi connectivity index (χ0) is 21.5. The Kier molecular flexibility index (Phi) is 4.42. The molecule has 0 radical (unpaired) electrons. The fourth-order valence-corrected chi connectivity index (χ4v) is 8.38. The summed E-state index contributed by atoms with van der Waals surface area (Å²) in [5.74, 6) is 0.107. The number of aliphatic hydroxyl groups is 4. The molecule has 4 aliphatic carbocycles. The lowest BCUT2D eigenvalue weighted by molar-refractivity contribution is -0.281. The Labute approximate surface area is 176 Å². The summed E-state index contributed by atoms with van der Waals surface area (Å²) in [6.45, 7) is 4.14. The first-order valence-corrected chi connectivity index (χ1v) is 11.4. The van der Waals surface area contributed by atoms with Gasteiger partial charge < -0.3 is 24.8 Å². The third-order valence-electron chi connectivity index (χ3n) is 10.2. The van der Waals surface area contributed by atoms with Gasteiger partial charge in [-0.15, -0.1) is 0 Å². The van der Waals surface area contributed by atoms with Crippen molar-refractivity contribution in [1.82, 2.24) is 0 Å². The average Bonchev–Trinajstić information content (AvgIpc) is 2.96. The zero-order valence-corrected chi connectivity index (χ0v) is 17.9. The third kappa shape index (κ3) is 2.42. The van der Waals surface area contributed by atoms with Gasteiger partial charge in [-0.1, -0.05) is 13.8 Å². The maximum absolute atomic E-state index is 12.2. The van der Waals surface area contributed by atoms with E-state index in [-0.39, 0.29) is 35.2 Å². The standard InChI is InChI=1S/C24H34O6/c1-21-8-5-17-18(6-9-23(28)12-15(25)11-19(26)22(17,23)2)24(21,29)10-7-16(21)14-3-4-20(27)30-13-14/h3-4,13,15-19,25-26,28-29H,5-12H2,1-2H3/t15-,16-,17-,18+,19+,21-,22-,23-,24+/m0/s1. The lowest BCUT2D eigenvalue weighted by Crippen LogP contribution is -2.70. The molecule has 0 saturated heterocycles. The van der Waals surface area contributed by atoms with E-state index in [1.165, 1.54) is 6.07 Å². The van der Waals surface area contributed by atoms with Crippen LogP contribution in [-0.4, -0.2) is 43.8 Å². The molecule has 0 bridgehead atoms. The van der Waals surface area contributed by atoms with Crippen LogP contribution in [-0.2, 0) is 0 Å². The Morgan fingerprint density at radius 2 is 1.73 bits per heavy atom. The van der Waals surface area contributed by atoms with Crippen LogP contribution in [0.5, 0.6) is 0 Å². The van der Waals surface area contributed by atoms with Crippen LogP contribution in [0.3, 0.4) is 0 Å². The predicted molar refractivity (Wildman–Crippen MR) is 110 cm³/mol. The second-order valence-electron chi connectivity index (χ2n) is 11.0. The topological polar surface area (TPSA) is 111 Å². The number of aliphatic hydroxyl groups excluding tert-OH is 2. The molecule has 4 saturated carbocycles. The molecule has 0 unspecified atom stereocenters. The van der Waals surface area contributed by atoms with Gasteiger partial charge >= 0.3 is 5.63 Å². The molecule has 1 aromatic rings. The minimum absolute atomic E-state index is 0.00396. The Hall–Kier alpha value is -1.21. The smallest absolute Gasteiger partial charge is 0.335 e. The van der Waals surface area contributed by atoms with Crippen molar-refractivity contribution in [2.75, 3.05) is 0 Å². The van der Waals surface area contributed by atoms with Crippen molar-refractivity contribution >= 4 is 0 Å². The lowest BCUT2D eigenvalue weighted by atomic mass is 9.41. The van der Waals surface area contributed by atoms with Crippen molar-refractivity contribution in [3.8, 4) is 0 Å². The van der Waals surface area contributed by atoms with Gasteiger partial charge in [0.05, 0.1) is 29.7 Å². The molecule has 4 N–H and O–H groups in total. The summed E-state index contributed by atoms with van der Waals surface area (Å²) in [4.78, 5) is 11.4. The Balaban J connectivity index is 1.52. The van der Waals surface area contributed by atoms with E-state index in [2.05, 4.69) is 6.92 Å². The molecule has 0 spiro atoms. The molecule has 1 heterocycles. The van der Waals surface area contributed by atoms with Gasteiger partial charge in [0.2, 0.25) is 0 Å². The molecule has 6 nitrogen and oxygen atoms in total. The molecular formula is C24H34O6. The lowest BCUT2D eigenvalue weighted by Gasteiger charge is -2.67. The summed E-state index contributed by atoms with van der Waals surface area (Å²) in [6, 6.07) is 3.28. The molecule has 4 fully saturated rings. The van der Waals surface area contributed by atoms with Crippen LogP contribution in [0.4, 0.5) is 0 Å². The SMILES string of the molecule is C[C@]12[C@H](O)C[C@H](O)C[C@@]1(O)CC[C@@H]1[C@@H]2CC[C@@]2(C)[C@H](c3ccc(=O)oc3)CC[C@@]12O. The first-order chi connectivity index (χ1) is 14.1. The van der Waals surface area contributed by atoms with Gasteiger partial charge in [0.1, 0.15) is 0 Å². The maximum atomic E-state index is 12.2. The Bertz CT molecular complexity index is 877. The molecule has 30 heavy (non-hydrogen) atoms. The second-order valence-corrected chi connectivity index (χ2v) is 11.0. The van der Waals surface area contributed by atoms with Crippen LogP contribution in [0.25, 0.3) is 0 Å². The largest absolute Gasteiger partial charge is 0.431 e. The van der Waals surface area contributed by atoms with Crippen LogP contribution in [0.1, 0.15) is 76.7 Å². The molecular weight excluding hydrogens is 384 g/mol. The summed E-state index contributed by atoms with van der Waals surface area (Å²) in [5.41, 5.74) is -2.48. The van der Waals surface area contributed by atoms with Crippen LogP contribution in [0, 0.1) is 22.7 Å². The predicted octanol–water partition coefficient (Wildman–Crippen LogP) is 2.33. The van der Waals surface area contributed by atoms with Crippen molar-refractivity contribution in [2.45, 2.75) is 94.5 Å². The first-order valence-electron chi connectivity index (χ1n) is 11.4. The van der Waals surface area contributed by atoms with Crippen LogP contribution >= 0.6 is 0 Å². The van der Waals surface area contributed by atoms with Gasteiger partial charge in [0.15, 0.2) is 0 Å². The fourth-order valence-electron chi connectivity index (χ4n) is 8.38. The van der Waals surface area contributed by atoms with Crippen molar-refractivity contribution in [1.29, 1.82) is 0 Å². The Morgan fingerprint density at radius 3 is 2.43 bits per heavy atom. The highest BCUT2D eigenvalue weighted by Gasteiger charge is 2.71.